The van der Waals surface area contributed by atoms with Crippen LogP contribution < -0.4 is 10.1 Å². The van der Waals surface area contributed by atoms with Gasteiger partial charge in [0.15, 0.2) is 6.29 Å². The molecule has 6 nitrogen and oxygen atoms in total. The van der Waals surface area contributed by atoms with Gasteiger partial charge in [0.05, 0.1) is 31.9 Å². The number of halogens is 1. The first-order chi connectivity index (χ1) is 11.7. The fourth-order valence-corrected chi connectivity index (χ4v) is 3.51. The number of benzene rings is 1. The van der Waals surface area contributed by atoms with Gasteiger partial charge in [0.1, 0.15) is 5.75 Å². The zero-order valence-corrected chi connectivity index (χ0v) is 14.6. The van der Waals surface area contributed by atoms with E-state index in [9.17, 15) is 4.79 Å². The van der Waals surface area contributed by atoms with E-state index in [4.69, 9.17) is 25.8 Å². The molecule has 2 aliphatic rings. The largest absolute Gasteiger partial charge is 0.495 e. The van der Waals surface area contributed by atoms with Crippen LogP contribution in [0.3, 0.4) is 0 Å². The highest BCUT2D eigenvalue weighted by Crippen LogP contribution is 2.27. The van der Waals surface area contributed by atoms with Gasteiger partial charge in [-0.15, -0.1) is 0 Å². The van der Waals surface area contributed by atoms with Gasteiger partial charge in [-0.05, 0) is 37.6 Å². The first kappa shape index (κ1) is 17.5. The van der Waals surface area contributed by atoms with Crippen molar-refractivity contribution in [2.24, 2.45) is 5.92 Å². The van der Waals surface area contributed by atoms with Crippen molar-refractivity contribution in [2.45, 2.75) is 19.1 Å². The second-order valence-corrected chi connectivity index (χ2v) is 6.55. The van der Waals surface area contributed by atoms with Crippen molar-refractivity contribution in [3.05, 3.63) is 23.2 Å². The van der Waals surface area contributed by atoms with E-state index in [2.05, 4.69) is 10.2 Å². The zero-order chi connectivity index (χ0) is 16.9. The van der Waals surface area contributed by atoms with Crippen LogP contribution in [0, 0.1) is 5.92 Å². The Hall–Kier alpha value is -1.34. The number of amides is 1. The van der Waals surface area contributed by atoms with Crippen molar-refractivity contribution >= 4 is 23.2 Å². The number of likely N-dealkylation sites (tertiary alicyclic amines) is 1. The molecule has 2 fully saturated rings. The summed E-state index contributed by atoms with van der Waals surface area (Å²) in [7, 11) is 1.56. The fraction of sp³-hybridized carbons (Fsp3) is 0.588. The molecule has 1 aromatic rings. The summed E-state index contributed by atoms with van der Waals surface area (Å²) in [5.74, 6) is 0.875. The molecule has 0 saturated carbocycles. The summed E-state index contributed by atoms with van der Waals surface area (Å²) < 4.78 is 16.3. The molecule has 1 atom stereocenters. The second kappa shape index (κ2) is 8.16. The highest BCUT2D eigenvalue weighted by molar-refractivity contribution is 6.32. The Balaban J connectivity index is 1.51. The molecule has 0 unspecified atom stereocenters. The highest BCUT2D eigenvalue weighted by Gasteiger charge is 2.31. The van der Waals surface area contributed by atoms with Crippen LogP contribution in [0.2, 0.25) is 5.02 Å². The van der Waals surface area contributed by atoms with Crippen LogP contribution in [0.25, 0.3) is 0 Å². The van der Waals surface area contributed by atoms with Crippen molar-refractivity contribution in [2.75, 3.05) is 45.3 Å². The molecular weight excluding hydrogens is 332 g/mol. The minimum absolute atomic E-state index is 0.0508. The molecule has 132 valence electrons. The highest BCUT2D eigenvalue weighted by atomic mass is 35.5. The third kappa shape index (κ3) is 4.39. The maximum absolute atomic E-state index is 12.3. The lowest BCUT2D eigenvalue weighted by Crippen LogP contribution is -2.44. The van der Waals surface area contributed by atoms with Gasteiger partial charge in [0, 0.05) is 18.2 Å². The topological polar surface area (TPSA) is 60.0 Å². The number of rotatable bonds is 5. The van der Waals surface area contributed by atoms with Crippen LogP contribution in [-0.4, -0.2) is 57.1 Å². The molecular formula is C17H23ClN2O4. The molecule has 2 aliphatic heterocycles. The minimum atomic E-state index is -0.115. The van der Waals surface area contributed by atoms with E-state index in [1.165, 1.54) is 0 Å². The zero-order valence-electron chi connectivity index (χ0n) is 13.8. The quantitative estimate of drug-likeness (QED) is 0.879. The molecule has 2 saturated heterocycles. The molecule has 3 rings (SSSR count). The predicted octanol–water partition coefficient (Wildman–Crippen LogP) is 2.37. The number of carbonyl (C=O) groups excluding carboxylic acids is 1. The molecule has 0 radical (unpaired) electrons. The van der Waals surface area contributed by atoms with Crippen molar-refractivity contribution in [3.8, 4) is 5.75 Å². The lowest BCUT2D eigenvalue weighted by Gasteiger charge is -2.34. The summed E-state index contributed by atoms with van der Waals surface area (Å²) in [5, 5.41) is 3.36. The standard InChI is InChI=1S/C17H23ClN2O4/c1-22-15-5-4-13(9-14(15)18)19-16(21)11-20-6-2-3-12(10-20)17-23-7-8-24-17/h4-5,9,12,17H,2-3,6-8,10-11H2,1H3,(H,19,21)/t12-/m0/s1. The van der Waals surface area contributed by atoms with Crippen molar-refractivity contribution in [1.82, 2.24) is 4.90 Å². The first-order valence-corrected chi connectivity index (χ1v) is 8.62. The van der Waals surface area contributed by atoms with Gasteiger partial charge in [-0.1, -0.05) is 11.6 Å². The van der Waals surface area contributed by atoms with Gasteiger partial charge < -0.3 is 19.5 Å². The third-order valence-corrected chi connectivity index (χ3v) is 4.67. The Morgan fingerprint density at radius 1 is 1.42 bits per heavy atom. The summed E-state index contributed by atoms with van der Waals surface area (Å²) in [5.41, 5.74) is 0.668. The summed E-state index contributed by atoms with van der Waals surface area (Å²) in [6.45, 7) is 3.42. The number of methoxy groups -OCH3 is 1. The molecule has 1 amide bonds. The Labute approximate surface area is 147 Å². The van der Waals surface area contributed by atoms with Gasteiger partial charge in [-0.25, -0.2) is 0 Å². The normalized spacial score (nSPS) is 22.5. The van der Waals surface area contributed by atoms with Gasteiger partial charge in [0.2, 0.25) is 5.91 Å². The second-order valence-electron chi connectivity index (χ2n) is 6.14. The van der Waals surface area contributed by atoms with Crippen LogP contribution >= 0.6 is 11.6 Å². The van der Waals surface area contributed by atoms with Crippen LogP contribution in [0.1, 0.15) is 12.8 Å². The van der Waals surface area contributed by atoms with Crippen LogP contribution in [0.15, 0.2) is 18.2 Å². The van der Waals surface area contributed by atoms with Gasteiger partial charge in [0.25, 0.3) is 0 Å². The van der Waals surface area contributed by atoms with Crippen LogP contribution in [0.5, 0.6) is 5.75 Å². The van der Waals surface area contributed by atoms with Gasteiger partial charge in [-0.3, -0.25) is 9.69 Å². The maximum atomic E-state index is 12.3. The predicted molar refractivity (Wildman–Crippen MR) is 91.5 cm³/mol. The van der Waals surface area contributed by atoms with Crippen molar-refractivity contribution in [3.63, 3.8) is 0 Å². The number of carbonyl (C=O) groups is 1. The summed E-state index contributed by atoms with van der Waals surface area (Å²) >= 11 is 6.08. The Kier molecular flexibility index (Phi) is 5.94. The smallest absolute Gasteiger partial charge is 0.238 e. The van der Waals surface area contributed by atoms with E-state index in [0.29, 0.717) is 42.1 Å². The molecule has 2 heterocycles. The van der Waals surface area contributed by atoms with E-state index in [1.807, 2.05) is 0 Å². The molecule has 1 N–H and O–H groups in total. The van der Waals surface area contributed by atoms with E-state index in [-0.39, 0.29) is 12.2 Å². The van der Waals surface area contributed by atoms with Gasteiger partial charge in [-0.2, -0.15) is 0 Å². The molecule has 1 aromatic carbocycles. The average molecular weight is 355 g/mol. The monoisotopic (exact) mass is 354 g/mol. The summed E-state index contributed by atoms with van der Waals surface area (Å²) in [4.78, 5) is 14.4. The Morgan fingerprint density at radius 2 is 2.21 bits per heavy atom. The number of nitrogens with zero attached hydrogens (tertiary/aromatic N) is 1. The van der Waals surface area contributed by atoms with E-state index < -0.39 is 0 Å². The molecule has 0 bridgehead atoms. The molecule has 0 aromatic heterocycles. The number of nitrogens with one attached hydrogen (secondary N) is 1. The Bertz CT molecular complexity index is 578. The summed E-state index contributed by atoms with van der Waals surface area (Å²) in [6.07, 6.45) is 2.02. The Morgan fingerprint density at radius 3 is 2.92 bits per heavy atom. The van der Waals surface area contributed by atoms with Gasteiger partial charge >= 0.3 is 0 Å². The molecule has 7 heteroatoms. The first-order valence-electron chi connectivity index (χ1n) is 8.24. The average Bonchev–Trinajstić information content (AvgIpc) is 3.10. The number of ether oxygens (including phenoxy) is 3. The fourth-order valence-electron chi connectivity index (χ4n) is 3.25. The van der Waals surface area contributed by atoms with E-state index in [0.717, 1.165) is 25.9 Å². The van der Waals surface area contributed by atoms with Crippen LogP contribution in [0.4, 0.5) is 5.69 Å². The van der Waals surface area contributed by atoms with E-state index in [1.54, 1.807) is 25.3 Å². The number of hydrogen-bond acceptors (Lipinski definition) is 5. The van der Waals surface area contributed by atoms with E-state index >= 15 is 0 Å². The number of piperidine rings is 1. The van der Waals surface area contributed by atoms with Crippen molar-refractivity contribution in [1.29, 1.82) is 0 Å². The maximum Gasteiger partial charge on any atom is 0.238 e. The number of anilines is 1. The third-order valence-electron chi connectivity index (χ3n) is 4.38. The van der Waals surface area contributed by atoms with Crippen molar-refractivity contribution < 1.29 is 19.0 Å². The molecule has 0 spiro atoms. The summed E-state index contributed by atoms with van der Waals surface area (Å²) in [6, 6.07) is 5.21. The lowest BCUT2D eigenvalue weighted by atomic mass is 9.97. The minimum Gasteiger partial charge on any atom is -0.495 e. The number of hydrogen-bond donors (Lipinski definition) is 1. The molecule has 0 aliphatic carbocycles. The SMILES string of the molecule is COc1ccc(NC(=O)CN2CCC[C@H](C3OCCO3)C2)cc1Cl. The van der Waals surface area contributed by atoms with Crippen LogP contribution in [-0.2, 0) is 14.3 Å². The molecule has 24 heavy (non-hydrogen) atoms. The lowest BCUT2D eigenvalue weighted by molar-refractivity contribution is -0.121.